The van der Waals surface area contributed by atoms with E-state index in [4.69, 9.17) is 0 Å². The molecule has 0 saturated heterocycles. The average molecular weight is 272 g/mol. The molecule has 0 amide bonds. The fourth-order valence-electron chi connectivity index (χ4n) is 2.73. The molecule has 106 valence electrons. The van der Waals surface area contributed by atoms with Gasteiger partial charge in [0, 0.05) is 19.6 Å². The lowest BCUT2D eigenvalue weighted by atomic mass is 10.0. The van der Waals surface area contributed by atoms with Gasteiger partial charge in [0.1, 0.15) is 12.2 Å². The van der Waals surface area contributed by atoms with Crippen molar-refractivity contribution in [2.45, 2.75) is 32.5 Å². The summed E-state index contributed by atoms with van der Waals surface area (Å²) in [7, 11) is 0. The topological polar surface area (TPSA) is 54.2 Å². The molecule has 3 rings (SSSR count). The SMILES string of the molecule is Cc1ccccc1C(O)CCN1CCn2cnnc2C1. The van der Waals surface area contributed by atoms with Crippen molar-refractivity contribution >= 4 is 0 Å². The Morgan fingerprint density at radius 3 is 3.00 bits per heavy atom. The number of nitrogens with zero attached hydrogens (tertiary/aromatic N) is 4. The first kappa shape index (κ1) is 13.3. The molecule has 1 aliphatic heterocycles. The highest BCUT2D eigenvalue weighted by Crippen LogP contribution is 2.21. The Hall–Kier alpha value is -1.72. The molecule has 0 saturated carbocycles. The summed E-state index contributed by atoms with van der Waals surface area (Å²) < 4.78 is 2.09. The van der Waals surface area contributed by atoms with Crippen molar-refractivity contribution in [1.29, 1.82) is 0 Å². The molecule has 1 atom stereocenters. The van der Waals surface area contributed by atoms with Crippen LogP contribution in [0.3, 0.4) is 0 Å². The van der Waals surface area contributed by atoms with Gasteiger partial charge in [-0.05, 0) is 24.5 Å². The van der Waals surface area contributed by atoms with E-state index in [1.54, 1.807) is 6.33 Å². The lowest BCUT2D eigenvalue weighted by molar-refractivity contribution is 0.129. The summed E-state index contributed by atoms with van der Waals surface area (Å²) in [6.07, 6.45) is 2.14. The summed E-state index contributed by atoms with van der Waals surface area (Å²) in [5, 5.41) is 18.4. The van der Waals surface area contributed by atoms with Crippen LogP contribution in [0.5, 0.6) is 0 Å². The Morgan fingerprint density at radius 1 is 1.30 bits per heavy atom. The molecule has 2 aromatic rings. The van der Waals surface area contributed by atoms with Gasteiger partial charge >= 0.3 is 0 Å². The largest absolute Gasteiger partial charge is 0.388 e. The van der Waals surface area contributed by atoms with E-state index in [0.717, 1.165) is 49.6 Å². The van der Waals surface area contributed by atoms with Crippen LogP contribution in [0.4, 0.5) is 0 Å². The molecular weight excluding hydrogens is 252 g/mol. The van der Waals surface area contributed by atoms with E-state index in [1.807, 2.05) is 31.2 Å². The zero-order valence-electron chi connectivity index (χ0n) is 11.7. The summed E-state index contributed by atoms with van der Waals surface area (Å²) >= 11 is 0. The smallest absolute Gasteiger partial charge is 0.147 e. The van der Waals surface area contributed by atoms with E-state index in [2.05, 4.69) is 19.7 Å². The molecule has 0 radical (unpaired) electrons. The molecule has 0 bridgehead atoms. The number of aliphatic hydroxyl groups excluding tert-OH is 1. The van der Waals surface area contributed by atoms with Crippen LogP contribution < -0.4 is 0 Å². The molecule has 0 aliphatic carbocycles. The monoisotopic (exact) mass is 272 g/mol. The molecule has 2 heterocycles. The van der Waals surface area contributed by atoms with Gasteiger partial charge in [0.15, 0.2) is 0 Å². The van der Waals surface area contributed by atoms with Gasteiger partial charge in [-0.3, -0.25) is 4.90 Å². The molecule has 20 heavy (non-hydrogen) atoms. The molecular formula is C15H20N4O. The third kappa shape index (κ3) is 2.73. The minimum atomic E-state index is -0.393. The first-order valence-electron chi connectivity index (χ1n) is 7.06. The van der Waals surface area contributed by atoms with Gasteiger partial charge in [0.25, 0.3) is 0 Å². The zero-order chi connectivity index (χ0) is 13.9. The number of benzene rings is 1. The van der Waals surface area contributed by atoms with Gasteiger partial charge in [-0.1, -0.05) is 24.3 Å². The standard InChI is InChI=1S/C15H20N4O/c1-12-4-2-3-5-13(12)14(20)6-7-18-8-9-19-11-16-17-15(19)10-18/h2-5,11,14,20H,6-10H2,1H3. The van der Waals surface area contributed by atoms with E-state index < -0.39 is 6.10 Å². The summed E-state index contributed by atoms with van der Waals surface area (Å²) in [4.78, 5) is 2.32. The van der Waals surface area contributed by atoms with Crippen LogP contribution in [-0.4, -0.2) is 37.9 Å². The van der Waals surface area contributed by atoms with Crippen molar-refractivity contribution in [2.75, 3.05) is 13.1 Å². The Labute approximate surface area is 118 Å². The predicted octanol–water partition coefficient (Wildman–Crippen LogP) is 1.53. The lowest BCUT2D eigenvalue weighted by Gasteiger charge is -2.27. The maximum Gasteiger partial charge on any atom is 0.147 e. The molecule has 5 heteroatoms. The third-order valence-corrected chi connectivity index (χ3v) is 3.98. The summed E-state index contributed by atoms with van der Waals surface area (Å²) in [5.74, 6) is 1.02. The number of hydrogen-bond acceptors (Lipinski definition) is 4. The highest BCUT2D eigenvalue weighted by Gasteiger charge is 2.18. The van der Waals surface area contributed by atoms with Crippen molar-refractivity contribution in [3.05, 3.63) is 47.5 Å². The second-order valence-corrected chi connectivity index (χ2v) is 5.38. The summed E-state index contributed by atoms with van der Waals surface area (Å²) in [6, 6.07) is 8.03. The normalized spacial score (nSPS) is 16.9. The maximum atomic E-state index is 10.3. The Kier molecular flexibility index (Phi) is 3.80. The van der Waals surface area contributed by atoms with Gasteiger partial charge < -0.3 is 9.67 Å². The van der Waals surface area contributed by atoms with Crippen LogP contribution in [-0.2, 0) is 13.1 Å². The molecule has 1 N–H and O–H groups in total. The highest BCUT2D eigenvalue weighted by molar-refractivity contribution is 5.27. The van der Waals surface area contributed by atoms with Gasteiger partial charge in [-0.15, -0.1) is 10.2 Å². The highest BCUT2D eigenvalue weighted by atomic mass is 16.3. The zero-order valence-corrected chi connectivity index (χ0v) is 11.7. The number of rotatable bonds is 4. The van der Waals surface area contributed by atoms with E-state index in [9.17, 15) is 5.11 Å². The summed E-state index contributed by atoms with van der Waals surface area (Å²) in [6.45, 7) is 5.67. The number of aryl methyl sites for hydroxylation is 1. The quantitative estimate of drug-likeness (QED) is 0.917. The van der Waals surface area contributed by atoms with E-state index in [1.165, 1.54) is 0 Å². The van der Waals surface area contributed by atoms with E-state index in [-0.39, 0.29) is 0 Å². The van der Waals surface area contributed by atoms with Crippen LogP contribution in [0, 0.1) is 6.92 Å². The van der Waals surface area contributed by atoms with Crippen LogP contribution >= 0.6 is 0 Å². The van der Waals surface area contributed by atoms with Gasteiger partial charge in [-0.25, -0.2) is 0 Å². The fourth-order valence-corrected chi connectivity index (χ4v) is 2.73. The van der Waals surface area contributed by atoms with Crippen LogP contribution in [0.15, 0.2) is 30.6 Å². The average Bonchev–Trinajstić information content (AvgIpc) is 2.92. The number of fused-ring (bicyclic) bond motifs is 1. The Balaban J connectivity index is 1.57. The van der Waals surface area contributed by atoms with Crippen molar-refractivity contribution in [1.82, 2.24) is 19.7 Å². The molecule has 0 spiro atoms. The molecule has 0 fully saturated rings. The third-order valence-electron chi connectivity index (χ3n) is 3.98. The van der Waals surface area contributed by atoms with Gasteiger partial charge in [0.05, 0.1) is 12.6 Å². The van der Waals surface area contributed by atoms with Gasteiger partial charge in [-0.2, -0.15) is 0 Å². The van der Waals surface area contributed by atoms with Crippen molar-refractivity contribution in [3.63, 3.8) is 0 Å². The Morgan fingerprint density at radius 2 is 2.15 bits per heavy atom. The van der Waals surface area contributed by atoms with E-state index >= 15 is 0 Å². The molecule has 1 aliphatic rings. The summed E-state index contributed by atoms with van der Waals surface area (Å²) in [5.41, 5.74) is 2.19. The van der Waals surface area contributed by atoms with E-state index in [0.29, 0.717) is 0 Å². The lowest BCUT2D eigenvalue weighted by Crippen LogP contribution is -2.34. The van der Waals surface area contributed by atoms with Crippen molar-refractivity contribution < 1.29 is 5.11 Å². The minimum absolute atomic E-state index is 0.393. The maximum absolute atomic E-state index is 10.3. The predicted molar refractivity (Wildman–Crippen MR) is 76.1 cm³/mol. The van der Waals surface area contributed by atoms with Crippen molar-refractivity contribution in [3.8, 4) is 0 Å². The molecule has 1 aromatic carbocycles. The van der Waals surface area contributed by atoms with Crippen molar-refractivity contribution in [2.24, 2.45) is 0 Å². The minimum Gasteiger partial charge on any atom is -0.388 e. The van der Waals surface area contributed by atoms with Crippen LogP contribution in [0.2, 0.25) is 0 Å². The molecule has 1 unspecified atom stereocenters. The molecule has 5 nitrogen and oxygen atoms in total. The number of aliphatic hydroxyl groups is 1. The first-order valence-corrected chi connectivity index (χ1v) is 7.06. The first-order chi connectivity index (χ1) is 9.74. The molecule has 1 aromatic heterocycles. The second-order valence-electron chi connectivity index (χ2n) is 5.38. The number of hydrogen-bond donors (Lipinski definition) is 1. The number of aromatic nitrogens is 3. The van der Waals surface area contributed by atoms with Crippen LogP contribution in [0.25, 0.3) is 0 Å². The van der Waals surface area contributed by atoms with Gasteiger partial charge in [0.2, 0.25) is 0 Å². The fraction of sp³-hybridized carbons (Fsp3) is 0.467. The Bertz CT molecular complexity index is 581. The van der Waals surface area contributed by atoms with Crippen LogP contribution in [0.1, 0.15) is 29.5 Å². The second kappa shape index (κ2) is 5.73.